The molecule has 0 aliphatic rings. The molecule has 7 nitrogen and oxygen atoms in total. The first kappa shape index (κ1) is 23.0. The topological polar surface area (TPSA) is 82.3 Å². The molecule has 0 aliphatic carbocycles. The molecule has 0 aliphatic heterocycles. The normalized spacial score (nSPS) is 10.9. The van der Waals surface area contributed by atoms with Crippen LogP contribution < -0.4 is 21.3 Å². The number of fused-ring (bicyclic) bond motifs is 1. The number of amides is 1. The summed E-state index contributed by atoms with van der Waals surface area (Å²) >= 11 is 0. The molecule has 0 spiro atoms. The van der Waals surface area contributed by atoms with Gasteiger partial charge < -0.3 is 10.1 Å². The van der Waals surface area contributed by atoms with E-state index in [2.05, 4.69) is 5.32 Å². The Hall–Kier alpha value is -4.13. The minimum atomic E-state index is -0.426. The zero-order valence-corrected chi connectivity index (χ0v) is 19.3. The van der Waals surface area contributed by atoms with Crippen LogP contribution >= 0.6 is 0 Å². The molecule has 4 rings (SSSR count). The number of para-hydroxylation sites is 2. The van der Waals surface area contributed by atoms with Gasteiger partial charge in [-0.1, -0.05) is 54.6 Å². The van der Waals surface area contributed by atoms with Gasteiger partial charge in [-0.05, 0) is 36.2 Å². The van der Waals surface area contributed by atoms with E-state index in [1.807, 2.05) is 61.5 Å². The fourth-order valence-corrected chi connectivity index (χ4v) is 4.02. The minimum Gasteiger partial charge on any atom is -0.496 e. The molecule has 1 heterocycles. The molecule has 0 unspecified atom stereocenters. The highest BCUT2D eigenvalue weighted by Gasteiger charge is 2.15. The van der Waals surface area contributed by atoms with Crippen molar-refractivity contribution in [3.8, 4) is 5.75 Å². The third-order valence-electron chi connectivity index (χ3n) is 5.95. The summed E-state index contributed by atoms with van der Waals surface area (Å²) in [7, 11) is 1.58. The summed E-state index contributed by atoms with van der Waals surface area (Å²) in [6.45, 7) is 2.62. The standard InChI is InChI=1S/C27H27N3O4/c1-19-9-3-4-11-21(19)18-30-23-13-7-6-12-22(23)26(32)29(27(30)33)16-15-25(31)28-17-20-10-5-8-14-24(20)34-2/h3-14H,15-18H2,1-2H3,(H,28,31). The van der Waals surface area contributed by atoms with Gasteiger partial charge in [0.25, 0.3) is 5.56 Å². The number of ether oxygens (including phenoxy) is 1. The highest BCUT2D eigenvalue weighted by atomic mass is 16.5. The van der Waals surface area contributed by atoms with Crippen LogP contribution in [-0.4, -0.2) is 22.2 Å². The van der Waals surface area contributed by atoms with Gasteiger partial charge in [-0.15, -0.1) is 0 Å². The molecule has 0 saturated carbocycles. The van der Waals surface area contributed by atoms with Gasteiger partial charge in [0, 0.05) is 25.1 Å². The molecule has 0 fully saturated rings. The van der Waals surface area contributed by atoms with Crippen LogP contribution in [-0.2, 0) is 24.4 Å². The lowest BCUT2D eigenvalue weighted by molar-refractivity contribution is -0.121. The van der Waals surface area contributed by atoms with E-state index in [1.54, 1.807) is 29.9 Å². The number of carbonyl (C=O) groups is 1. The summed E-state index contributed by atoms with van der Waals surface area (Å²) in [6, 6.07) is 22.3. The van der Waals surface area contributed by atoms with Gasteiger partial charge >= 0.3 is 5.69 Å². The van der Waals surface area contributed by atoms with Crippen molar-refractivity contribution in [1.29, 1.82) is 0 Å². The van der Waals surface area contributed by atoms with Crippen LogP contribution in [0, 0.1) is 6.92 Å². The van der Waals surface area contributed by atoms with Crippen LogP contribution in [0.5, 0.6) is 5.75 Å². The van der Waals surface area contributed by atoms with E-state index < -0.39 is 5.69 Å². The third-order valence-corrected chi connectivity index (χ3v) is 5.95. The maximum atomic E-state index is 13.4. The van der Waals surface area contributed by atoms with Gasteiger partial charge in [0.2, 0.25) is 5.91 Å². The van der Waals surface area contributed by atoms with Crippen LogP contribution in [0.4, 0.5) is 0 Å². The largest absolute Gasteiger partial charge is 0.496 e. The molecule has 0 bridgehead atoms. The fraction of sp³-hybridized carbons (Fsp3) is 0.222. The van der Waals surface area contributed by atoms with E-state index in [0.717, 1.165) is 21.3 Å². The van der Waals surface area contributed by atoms with Gasteiger partial charge in [-0.25, -0.2) is 4.79 Å². The molecular weight excluding hydrogens is 430 g/mol. The summed E-state index contributed by atoms with van der Waals surface area (Å²) in [5.41, 5.74) is 2.67. The van der Waals surface area contributed by atoms with Crippen molar-refractivity contribution in [3.63, 3.8) is 0 Å². The lowest BCUT2D eigenvalue weighted by Crippen LogP contribution is -2.41. The summed E-state index contributed by atoms with van der Waals surface area (Å²) in [5, 5.41) is 3.29. The summed E-state index contributed by atoms with van der Waals surface area (Å²) < 4.78 is 8.07. The Morgan fingerprint density at radius 1 is 0.882 bits per heavy atom. The highest BCUT2D eigenvalue weighted by Crippen LogP contribution is 2.17. The highest BCUT2D eigenvalue weighted by molar-refractivity contribution is 5.78. The monoisotopic (exact) mass is 457 g/mol. The summed E-state index contributed by atoms with van der Waals surface area (Å²) in [6.07, 6.45) is 0.00695. The second-order valence-electron chi connectivity index (χ2n) is 8.11. The molecule has 1 amide bonds. The molecule has 0 saturated heterocycles. The van der Waals surface area contributed by atoms with Crippen molar-refractivity contribution < 1.29 is 9.53 Å². The quantitative estimate of drug-likeness (QED) is 0.440. The average Bonchev–Trinajstić information content (AvgIpc) is 2.86. The Balaban J connectivity index is 1.59. The summed E-state index contributed by atoms with van der Waals surface area (Å²) in [5.74, 6) is 0.434. The number of aromatic nitrogens is 2. The number of nitrogens with one attached hydrogen (secondary N) is 1. The lowest BCUT2D eigenvalue weighted by Gasteiger charge is -2.15. The number of rotatable bonds is 8. The van der Waals surface area contributed by atoms with E-state index in [0.29, 0.717) is 29.7 Å². The summed E-state index contributed by atoms with van der Waals surface area (Å²) in [4.78, 5) is 39.0. The number of benzene rings is 3. The molecule has 34 heavy (non-hydrogen) atoms. The molecule has 1 N–H and O–H groups in total. The van der Waals surface area contributed by atoms with Gasteiger partial charge in [-0.2, -0.15) is 0 Å². The molecule has 0 radical (unpaired) electrons. The Morgan fingerprint density at radius 2 is 1.56 bits per heavy atom. The van der Waals surface area contributed by atoms with E-state index in [9.17, 15) is 14.4 Å². The predicted molar refractivity (Wildman–Crippen MR) is 132 cm³/mol. The molecule has 4 aromatic rings. The van der Waals surface area contributed by atoms with Crippen molar-refractivity contribution in [1.82, 2.24) is 14.5 Å². The Labute approximate surface area is 197 Å². The smallest absolute Gasteiger partial charge is 0.331 e. The third kappa shape index (κ3) is 4.78. The molecule has 174 valence electrons. The van der Waals surface area contributed by atoms with Crippen molar-refractivity contribution >= 4 is 16.8 Å². The van der Waals surface area contributed by atoms with Crippen LogP contribution in [0.2, 0.25) is 0 Å². The number of carbonyl (C=O) groups excluding carboxylic acids is 1. The van der Waals surface area contributed by atoms with Crippen molar-refractivity contribution in [2.24, 2.45) is 0 Å². The molecule has 7 heteroatoms. The van der Waals surface area contributed by atoms with Crippen molar-refractivity contribution in [2.75, 3.05) is 7.11 Å². The van der Waals surface area contributed by atoms with Crippen LogP contribution in [0.15, 0.2) is 82.4 Å². The van der Waals surface area contributed by atoms with Crippen molar-refractivity contribution in [2.45, 2.75) is 33.0 Å². The number of hydrogen-bond donors (Lipinski definition) is 1. The minimum absolute atomic E-state index is 0.00592. The molecule has 3 aromatic carbocycles. The second kappa shape index (κ2) is 10.2. The van der Waals surface area contributed by atoms with Gasteiger partial charge in [0.1, 0.15) is 5.75 Å². The molecule has 1 aromatic heterocycles. The van der Waals surface area contributed by atoms with Crippen LogP contribution in [0.25, 0.3) is 10.9 Å². The van der Waals surface area contributed by atoms with Gasteiger partial charge in [0.15, 0.2) is 0 Å². The molecular formula is C27H27N3O4. The Morgan fingerprint density at radius 3 is 2.32 bits per heavy atom. The van der Waals surface area contributed by atoms with E-state index in [-0.39, 0.29) is 24.4 Å². The van der Waals surface area contributed by atoms with Gasteiger partial charge in [0.05, 0.1) is 24.6 Å². The fourth-order valence-electron chi connectivity index (χ4n) is 4.02. The number of aryl methyl sites for hydroxylation is 1. The molecule has 0 atom stereocenters. The van der Waals surface area contributed by atoms with E-state index >= 15 is 0 Å². The maximum Gasteiger partial charge on any atom is 0.331 e. The van der Waals surface area contributed by atoms with E-state index in [4.69, 9.17) is 4.74 Å². The van der Waals surface area contributed by atoms with Crippen LogP contribution in [0.3, 0.4) is 0 Å². The first-order valence-electron chi connectivity index (χ1n) is 11.1. The maximum absolute atomic E-state index is 13.4. The first-order chi connectivity index (χ1) is 16.5. The zero-order valence-electron chi connectivity index (χ0n) is 19.3. The zero-order chi connectivity index (χ0) is 24.1. The predicted octanol–water partition coefficient (Wildman–Crippen LogP) is 3.24. The van der Waals surface area contributed by atoms with Crippen molar-refractivity contribution in [3.05, 3.63) is 110 Å². The van der Waals surface area contributed by atoms with Gasteiger partial charge in [-0.3, -0.25) is 18.7 Å². The van der Waals surface area contributed by atoms with E-state index in [1.165, 1.54) is 0 Å². The number of methoxy groups -OCH3 is 1. The Kier molecular flexibility index (Phi) is 6.92. The number of hydrogen-bond acceptors (Lipinski definition) is 4. The lowest BCUT2D eigenvalue weighted by atomic mass is 10.1. The SMILES string of the molecule is COc1ccccc1CNC(=O)CCn1c(=O)c2ccccc2n(Cc2ccccc2C)c1=O. The first-order valence-corrected chi connectivity index (χ1v) is 11.1. The average molecular weight is 458 g/mol. The Bertz CT molecular complexity index is 1450. The number of nitrogens with zero attached hydrogens (tertiary/aromatic N) is 2. The van der Waals surface area contributed by atoms with Crippen LogP contribution in [0.1, 0.15) is 23.1 Å². The second-order valence-corrected chi connectivity index (χ2v) is 8.11.